The third-order valence-electron chi connectivity index (χ3n) is 6.94. The Balaban J connectivity index is 1.46. The fraction of sp³-hybridized carbons (Fsp3) is 0.333. The van der Waals surface area contributed by atoms with E-state index in [0.717, 1.165) is 40.4 Å². The molecule has 2 fully saturated rings. The van der Waals surface area contributed by atoms with E-state index in [0.29, 0.717) is 6.54 Å². The number of aromatic nitrogens is 1. The van der Waals surface area contributed by atoms with Crippen LogP contribution in [-0.4, -0.2) is 45.6 Å². The van der Waals surface area contributed by atoms with Gasteiger partial charge in [-0.05, 0) is 48.6 Å². The lowest BCUT2D eigenvalue weighted by molar-refractivity contribution is -0.143. The molecular weight excluding hydrogens is 414 g/mol. The lowest BCUT2D eigenvalue weighted by Crippen LogP contribution is -2.43. The highest BCUT2D eigenvalue weighted by atomic mass is 16.2. The molecule has 1 atom stereocenters. The summed E-state index contributed by atoms with van der Waals surface area (Å²) in [6.45, 7) is 2.34. The van der Waals surface area contributed by atoms with Crippen LogP contribution >= 0.6 is 0 Å². The van der Waals surface area contributed by atoms with Crippen LogP contribution in [0.2, 0.25) is 0 Å². The molecule has 0 N–H and O–H groups in total. The van der Waals surface area contributed by atoms with Crippen LogP contribution in [0.1, 0.15) is 42.4 Å². The zero-order valence-corrected chi connectivity index (χ0v) is 19.0. The highest BCUT2D eigenvalue weighted by molar-refractivity contribution is 6.11. The quantitative estimate of drug-likeness (QED) is 0.546. The first-order valence-corrected chi connectivity index (χ1v) is 11.4. The van der Waals surface area contributed by atoms with Crippen LogP contribution in [0.15, 0.2) is 60.8 Å². The van der Waals surface area contributed by atoms with Gasteiger partial charge in [-0.2, -0.15) is 0 Å². The first-order valence-electron chi connectivity index (χ1n) is 11.4. The fourth-order valence-corrected chi connectivity index (χ4v) is 5.06. The van der Waals surface area contributed by atoms with Gasteiger partial charge >= 0.3 is 0 Å². The summed E-state index contributed by atoms with van der Waals surface area (Å²) in [5, 5.41) is 1.00. The molecule has 3 aromatic rings. The second kappa shape index (κ2) is 8.10. The lowest BCUT2D eigenvalue weighted by atomic mass is 9.74. The standard InChI is InChI=1S/C27H27N3O3/c1-18-7-3-4-10-22(18)27(16-25(32)30(26(27)33)20-12-13-20)15-24(31)29(2)17-19-8-5-11-23-21(19)9-6-14-28-23/h3-11,14,20H,12-13,15-17H2,1-2H3/t27-/m1/s1. The van der Waals surface area contributed by atoms with Crippen LogP contribution in [0.5, 0.6) is 0 Å². The molecule has 0 bridgehead atoms. The van der Waals surface area contributed by atoms with Gasteiger partial charge in [-0.3, -0.25) is 24.3 Å². The number of aryl methyl sites for hydroxylation is 1. The van der Waals surface area contributed by atoms with Crippen LogP contribution in [0.4, 0.5) is 0 Å². The van der Waals surface area contributed by atoms with E-state index in [1.807, 2.05) is 61.5 Å². The molecule has 6 nitrogen and oxygen atoms in total. The average molecular weight is 442 g/mol. The van der Waals surface area contributed by atoms with E-state index >= 15 is 0 Å². The molecule has 1 aromatic heterocycles. The van der Waals surface area contributed by atoms with Crippen molar-refractivity contribution < 1.29 is 14.4 Å². The number of rotatable bonds is 6. The summed E-state index contributed by atoms with van der Waals surface area (Å²) in [6.07, 6.45) is 3.48. The number of benzene rings is 2. The smallest absolute Gasteiger partial charge is 0.241 e. The van der Waals surface area contributed by atoms with Crippen LogP contribution in [0, 0.1) is 6.92 Å². The number of hydrogen-bond donors (Lipinski definition) is 0. The van der Waals surface area contributed by atoms with E-state index in [1.165, 1.54) is 4.90 Å². The van der Waals surface area contributed by atoms with Crippen LogP contribution < -0.4 is 0 Å². The van der Waals surface area contributed by atoms with E-state index in [1.54, 1.807) is 18.1 Å². The number of amides is 3. The van der Waals surface area contributed by atoms with Gasteiger partial charge < -0.3 is 4.90 Å². The number of pyridine rings is 1. The second-order valence-electron chi connectivity index (χ2n) is 9.29. The van der Waals surface area contributed by atoms with Crippen molar-refractivity contribution in [2.75, 3.05) is 7.05 Å². The van der Waals surface area contributed by atoms with Crippen molar-refractivity contribution in [1.29, 1.82) is 0 Å². The third kappa shape index (κ3) is 3.69. The predicted octanol–water partition coefficient (Wildman–Crippen LogP) is 3.75. The molecule has 2 aliphatic rings. The molecule has 3 amide bonds. The molecule has 33 heavy (non-hydrogen) atoms. The summed E-state index contributed by atoms with van der Waals surface area (Å²) in [4.78, 5) is 47.6. The maximum Gasteiger partial charge on any atom is 0.241 e. The van der Waals surface area contributed by atoms with Crippen molar-refractivity contribution in [2.45, 2.75) is 50.6 Å². The van der Waals surface area contributed by atoms with Gasteiger partial charge in [0.25, 0.3) is 0 Å². The molecule has 0 radical (unpaired) electrons. The average Bonchev–Trinajstić information content (AvgIpc) is 3.60. The topological polar surface area (TPSA) is 70.6 Å². The third-order valence-corrected chi connectivity index (χ3v) is 6.94. The van der Waals surface area contributed by atoms with Gasteiger partial charge in [-0.15, -0.1) is 0 Å². The minimum Gasteiger partial charge on any atom is -0.341 e. The Morgan fingerprint density at radius 1 is 1.09 bits per heavy atom. The van der Waals surface area contributed by atoms with Crippen LogP contribution in [0.25, 0.3) is 10.9 Å². The monoisotopic (exact) mass is 441 g/mol. The molecule has 2 aromatic carbocycles. The van der Waals surface area contributed by atoms with E-state index < -0.39 is 5.41 Å². The normalized spacial score (nSPS) is 20.5. The van der Waals surface area contributed by atoms with E-state index in [9.17, 15) is 14.4 Å². The largest absolute Gasteiger partial charge is 0.341 e. The van der Waals surface area contributed by atoms with Crippen LogP contribution in [-0.2, 0) is 26.3 Å². The van der Waals surface area contributed by atoms with E-state index in [-0.39, 0.29) is 36.6 Å². The molecule has 168 valence electrons. The summed E-state index contributed by atoms with van der Waals surface area (Å²) in [7, 11) is 1.75. The Morgan fingerprint density at radius 2 is 1.88 bits per heavy atom. The molecule has 5 rings (SSSR count). The number of fused-ring (bicyclic) bond motifs is 1. The van der Waals surface area contributed by atoms with E-state index in [2.05, 4.69) is 4.98 Å². The molecule has 0 unspecified atom stereocenters. The summed E-state index contributed by atoms with van der Waals surface area (Å²) in [6, 6.07) is 17.4. The minimum atomic E-state index is -1.14. The van der Waals surface area contributed by atoms with Crippen LogP contribution in [0.3, 0.4) is 0 Å². The van der Waals surface area contributed by atoms with Gasteiger partial charge in [0.15, 0.2) is 0 Å². The van der Waals surface area contributed by atoms with E-state index in [4.69, 9.17) is 0 Å². The molecule has 1 aliphatic heterocycles. The number of carbonyl (C=O) groups is 3. The summed E-state index contributed by atoms with van der Waals surface area (Å²) >= 11 is 0. The number of nitrogens with zero attached hydrogens (tertiary/aromatic N) is 3. The summed E-state index contributed by atoms with van der Waals surface area (Å²) in [5.74, 6) is -0.542. The van der Waals surface area contributed by atoms with Crippen molar-refractivity contribution in [3.63, 3.8) is 0 Å². The minimum absolute atomic E-state index is 0.00749. The molecular formula is C27H27N3O3. The zero-order chi connectivity index (χ0) is 23.2. The SMILES string of the molecule is Cc1ccccc1[C@@]1(CC(=O)N(C)Cc2cccc3ncccc23)CC(=O)N(C2CC2)C1=O. The van der Waals surface area contributed by atoms with Crippen molar-refractivity contribution in [2.24, 2.45) is 0 Å². The predicted molar refractivity (Wildman–Crippen MR) is 125 cm³/mol. The molecule has 1 saturated heterocycles. The Morgan fingerprint density at radius 3 is 2.64 bits per heavy atom. The highest BCUT2D eigenvalue weighted by Crippen LogP contribution is 2.45. The molecule has 1 saturated carbocycles. The first kappa shape index (κ1) is 21.3. The Kier molecular flexibility index (Phi) is 5.23. The Hall–Kier alpha value is -3.54. The van der Waals surface area contributed by atoms with Gasteiger partial charge in [0.05, 0.1) is 10.9 Å². The Bertz CT molecular complexity index is 1260. The molecule has 0 spiro atoms. The number of carbonyl (C=O) groups excluding carboxylic acids is 3. The van der Waals surface area contributed by atoms with Crippen molar-refractivity contribution in [3.05, 3.63) is 77.5 Å². The first-order chi connectivity index (χ1) is 15.9. The molecule has 2 heterocycles. The fourth-order valence-electron chi connectivity index (χ4n) is 5.06. The van der Waals surface area contributed by atoms with Gasteiger partial charge in [-0.1, -0.05) is 42.5 Å². The zero-order valence-electron chi connectivity index (χ0n) is 19.0. The maximum atomic E-state index is 13.7. The van der Waals surface area contributed by atoms with Crippen molar-refractivity contribution >= 4 is 28.6 Å². The van der Waals surface area contributed by atoms with Gasteiger partial charge in [0, 0.05) is 44.1 Å². The summed E-state index contributed by atoms with van der Waals surface area (Å²) < 4.78 is 0. The van der Waals surface area contributed by atoms with Gasteiger partial charge in [0.2, 0.25) is 17.7 Å². The lowest BCUT2D eigenvalue weighted by Gasteiger charge is -2.30. The molecule has 1 aliphatic carbocycles. The van der Waals surface area contributed by atoms with Crippen molar-refractivity contribution in [3.8, 4) is 0 Å². The van der Waals surface area contributed by atoms with Crippen molar-refractivity contribution in [1.82, 2.24) is 14.8 Å². The Labute approximate surface area is 193 Å². The summed E-state index contributed by atoms with van der Waals surface area (Å²) in [5.41, 5.74) is 2.43. The number of hydrogen-bond acceptors (Lipinski definition) is 4. The highest BCUT2D eigenvalue weighted by Gasteiger charge is 2.57. The maximum absolute atomic E-state index is 13.7. The second-order valence-corrected chi connectivity index (χ2v) is 9.29. The number of imide groups is 1. The number of likely N-dealkylation sites (tertiary alicyclic amines) is 1. The molecule has 6 heteroatoms. The van der Waals surface area contributed by atoms with Gasteiger partial charge in [0.1, 0.15) is 0 Å². The van der Waals surface area contributed by atoms with Gasteiger partial charge in [-0.25, -0.2) is 0 Å².